The van der Waals surface area contributed by atoms with Crippen LogP contribution in [0.15, 0.2) is 48.5 Å². The van der Waals surface area contributed by atoms with Crippen molar-refractivity contribution >= 4 is 48.1 Å². The summed E-state index contributed by atoms with van der Waals surface area (Å²) in [5.74, 6) is -1.87. The van der Waals surface area contributed by atoms with Gasteiger partial charge in [-0.15, -0.1) is 0 Å². The van der Waals surface area contributed by atoms with Crippen LogP contribution in [0.1, 0.15) is 42.3 Å². The Morgan fingerprint density at radius 3 is 2.53 bits per heavy atom. The minimum absolute atomic E-state index is 0.171. The highest BCUT2D eigenvalue weighted by molar-refractivity contribution is 6.51. The van der Waals surface area contributed by atoms with Crippen LogP contribution in [-0.4, -0.2) is 37.4 Å². The molecule has 0 bridgehead atoms. The molecule has 0 radical (unpaired) electrons. The SMILES string of the molecule is CC(C)C[C@H](NC(=O)CNC(=O)c1cc(Cl)ccc1Cl)B1OC(=O)[C@@H](c2ccccc2)O1. The van der Waals surface area contributed by atoms with Gasteiger partial charge in [-0.3, -0.25) is 14.4 Å². The largest absolute Gasteiger partial charge is 0.552 e. The molecule has 0 spiro atoms. The highest BCUT2D eigenvalue weighted by Gasteiger charge is 2.46. The van der Waals surface area contributed by atoms with Crippen LogP contribution in [0.2, 0.25) is 10.0 Å². The summed E-state index contributed by atoms with van der Waals surface area (Å²) < 4.78 is 11.3. The van der Waals surface area contributed by atoms with Gasteiger partial charge < -0.3 is 19.9 Å². The van der Waals surface area contributed by atoms with Crippen LogP contribution >= 0.6 is 23.2 Å². The summed E-state index contributed by atoms with van der Waals surface area (Å²) in [5, 5.41) is 5.90. The first-order valence-corrected chi connectivity index (χ1v) is 10.9. The third-order valence-electron chi connectivity index (χ3n) is 4.80. The molecule has 1 saturated heterocycles. The van der Waals surface area contributed by atoms with E-state index in [0.717, 1.165) is 0 Å². The Hall–Kier alpha value is -2.55. The van der Waals surface area contributed by atoms with Crippen molar-refractivity contribution in [2.45, 2.75) is 32.3 Å². The maximum absolute atomic E-state index is 12.5. The van der Waals surface area contributed by atoms with Crippen LogP contribution in [0.3, 0.4) is 0 Å². The summed E-state index contributed by atoms with van der Waals surface area (Å²) in [6.45, 7) is 3.67. The fourth-order valence-electron chi connectivity index (χ4n) is 3.34. The zero-order chi connectivity index (χ0) is 23.3. The number of rotatable bonds is 8. The number of hydrogen-bond donors (Lipinski definition) is 2. The van der Waals surface area contributed by atoms with Crippen LogP contribution in [0, 0.1) is 5.92 Å². The first kappa shape index (κ1) is 24.1. The molecule has 3 rings (SSSR count). The molecule has 2 N–H and O–H groups in total. The third kappa shape index (κ3) is 6.25. The molecule has 10 heteroatoms. The summed E-state index contributed by atoms with van der Waals surface area (Å²) >= 11 is 11.9. The normalized spacial score (nSPS) is 16.6. The lowest BCUT2D eigenvalue weighted by atomic mass is 9.74. The van der Waals surface area contributed by atoms with Gasteiger partial charge in [0, 0.05) is 5.02 Å². The molecule has 2 aromatic rings. The first-order chi connectivity index (χ1) is 15.2. The van der Waals surface area contributed by atoms with Gasteiger partial charge >= 0.3 is 13.1 Å². The van der Waals surface area contributed by atoms with E-state index in [2.05, 4.69) is 10.6 Å². The molecule has 1 aliphatic heterocycles. The van der Waals surface area contributed by atoms with E-state index in [-0.39, 0.29) is 23.0 Å². The second kappa shape index (κ2) is 10.9. The molecule has 7 nitrogen and oxygen atoms in total. The number of carbonyl (C=O) groups excluding carboxylic acids is 3. The van der Waals surface area contributed by atoms with Crippen LogP contribution < -0.4 is 10.6 Å². The van der Waals surface area contributed by atoms with Crippen LogP contribution in [0.25, 0.3) is 0 Å². The molecule has 0 aliphatic carbocycles. The van der Waals surface area contributed by atoms with Gasteiger partial charge in [-0.1, -0.05) is 67.4 Å². The molecule has 168 valence electrons. The summed E-state index contributed by atoms with van der Waals surface area (Å²) in [4.78, 5) is 37.2. The topological polar surface area (TPSA) is 93.7 Å². The van der Waals surface area contributed by atoms with Crippen molar-refractivity contribution < 1.29 is 23.7 Å². The molecule has 0 aromatic heterocycles. The van der Waals surface area contributed by atoms with E-state index in [0.29, 0.717) is 17.0 Å². The molecule has 1 heterocycles. The molecular weight excluding hydrogens is 454 g/mol. The van der Waals surface area contributed by atoms with E-state index in [1.165, 1.54) is 12.1 Å². The summed E-state index contributed by atoms with van der Waals surface area (Å²) in [6.07, 6.45) is -0.336. The second-order valence-corrected chi connectivity index (χ2v) is 8.69. The molecule has 2 atom stereocenters. The monoisotopic (exact) mass is 476 g/mol. The lowest BCUT2D eigenvalue weighted by molar-refractivity contribution is -0.136. The Balaban J connectivity index is 1.61. The third-order valence-corrected chi connectivity index (χ3v) is 5.37. The van der Waals surface area contributed by atoms with E-state index in [1.54, 1.807) is 18.2 Å². The molecule has 2 amide bonds. The van der Waals surface area contributed by atoms with Gasteiger partial charge in [0.15, 0.2) is 6.10 Å². The smallest absolute Gasteiger partial charge is 0.506 e. The number of amides is 2. The number of carbonyl (C=O) groups is 3. The minimum atomic E-state index is -0.933. The maximum atomic E-state index is 12.5. The van der Waals surface area contributed by atoms with Gasteiger partial charge in [-0.05, 0) is 36.1 Å². The maximum Gasteiger partial charge on any atom is 0.552 e. The second-order valence-electron chi connectivity index (χ2n) is 7.84. The van der Waals surface area contributed by atoms with Crippen LogP contribution in [-0.2, 0) is 18.9 Å². The van der Waals surface area contributed by atoms with Crippen molar-refractivity contribution in [1.29, 1.82) is 0 Å². The number of hydrogen-bond acceptors (Lipinski definition) is 5. The van der Waals surface area contributed by atoms with Gasteiger partial charge in [0.05, 0.1) is 23.1 Å². The Bertz CT molecular complexity index is 990. The Kier molecular flexibility index (Phi) is 8.18. The van der Waals surface area contributed by atoms with E-state index in [1.807, 2.05) is 32.0 Å². The van der Waals surface area contributed by atoms with Crippen molar-refractivity contribution in [3.05, 3.63) is 69.7 Å². The fraction of sp³-hybridized carbons (Fsp3) is 0.318. The Morgan fingerprint density at radius 1 is 1.12 bits per heavy atom. The Morgan fingerprint density at radius 2 is 1.84 bits per heavy atom. The summed E-state index contributed by atoms with van der Waals surface area (Å²) in [7, 11) is -0.933. The van der Waals surface area contributed by atoms with Crippen molar-refractivity contribution in [3.8, 4) is 0 Å². The van der Waals surface area contributed by atoms with Gasteiger partial charge in [-0.25, -0.2) is 0 Å². The standard InChI is InChI=1S/C22H23BCl2N2O5/c1-13(2)10-18(23-31-20(22(30)32-23)14-6-4-3-5-7-14)27-19(28)12-26-21(29)16-11-15(24)8-9-17(16)25/h3-9,11,13,18,20H,10,12H2,1-2H3,(H,26,29)(H,27,28)/t18-,20+/m0/s1. The van der Waals surface area contributed by atoms with Crippen molar-refractivity contribution in [3.63, 3.8) is 0 Å². The Labute approximate surface area is 196 Å². The lowest BCUT2D eigenvalue weighted by Crippen LogP contribution is -2.50. The predicted molar refractivity (Wildman–Crippen MR) is 122 cm³/mol. The highest BCUT2D eigenvalue weighted by Crippen LogP contribution is 2.28. The van der Waals surface area contributed by atoms with Gasteiger partial charge in [0.1, 0.15) is 0 Å². The molecule has 32 heavy (non-hydrogen) atoms. The lowest BCUT2D eigenvalue weighted by Gasteiger charge is -2.21. The van der Waals surface area contributed by atoms with E-state index in [9.17, 15) is 14.4 Å². The van der Waals surface area contributed by atoms with Crippen molar-refractivity contribution in [1.82, 2.24) is 10.6 Å². The minimum Gasteiger partial charge on any atom is -0.506 e. The number of halogens is 2. The number of nitrogens with one attached hydrogen (secondary N) is 2. The first-order valence-electron chi connectivity index (χ1n) is 10.2. The molecule has 0 unspecified atom stereocenters. The number of benzene rings is 2. The van der Waals surface area contributed by atoms with E-state index in [4.69, 9.17) is 32.5 Å². The molecular formula is C22H23BCl2N2O5. The van der Waals surface area contributed by atoms with Gasteiger partial charge in [-0.2, -0.15) is 0 Å². The quantitative estimate of drug-likeness (QED) is 0.567. The fourth-order valence-corrected chi connectivity index (χ4v) is 3.72. The highest BCUT2D eigenvalue weighted by atomic mass is 35.5. The zero-order valence-electron chi connectivity index (χ0n) is 17.6. The summed E-state index contributed by atoms with van der Waals surface area (Å²) in [5.41, 5.74) is 0.852. The molecule has 1 aliphatic rings. The van der Waals surface area contributed by atoms with E-state index < -0.39 is 36.9 Å². The van der Waals surface area contributed by atoms with Crippen molar-refractivity contribution in [2.75, 3.05) is 6.54 Å². The van der Waals surface area contributed by atoms with E-state index >= 15 is 0 Å². The molecule has 1 fully saturated rings. The average Bonchev–Trinajstić information content (AvgIpc) is 3.15. The summed E-state index contributed by atoms with van der Waals surface area (Å²) in [6, 6.07) is 13.5. The zero-order valence-corrected chi connectivity index (χ0v) is 19.2. The van der Waals surface area contributed by atoms with Gasteiger partial charge in [0.25, 0.3) is 5.91 Å². The van der Waals surface area contributed by atoms with Crippen LogP contribution in [0.4, 0.5) is 0 Å². The van der Waals surface area contributed by atoms with Crippen LogP contribution in [0.5, 0.6) is 0 Å². The molecule has 0 saturated carbocycles. The van der Waals surface area contributed by atoms with Gasteiger partial charge in [0.2, 0.25) is 5.91 Å². The predicted octanol–water partition coefficient (Wildman–Crippen LogP) is 3.60. The van der Waals surface area contributed by atoms with Crippen molar-refractivity contribution in [2.24, 2.45) is 5.92 Å². The average molecular weight is 477 g/mol. The molecule has 2 aromatic carbocycles.